The molecule has 2 aromatic rings. The number of nitrogens with zero attached hydrogens (tertiary/aromatic N) is 3. The Morgan fingerprint density at radius 2 is 2.10 bits per heavy atom. The van der Waals surface area contributed by atoms with Crippen molar-refractivity contribution in [2.24, 2.45) is 10.2 Å². The van der Waals surface area contributed by atoms with Crippen molar-refractivity contribution in [3.05, 3.63) is 30.5 Å². The van der Waals surface area contributed by atoms with Crippen LogP contribution in [0.2, 0.25) is 0 Å². The zero-order valence-electron chi connectivity index (χ0n) is 11.2. The molecule has 0 atom stereocenters. The molecule has 0 bridgehead atoms. The largest absolute Gasteiger partial charge is 0.399 e. The number of hydrogen-bond donors (Lipinski definition) is 1. The van der Waals surface area contributed by atoms with Crippen LogP contribution in [0.4, 0.5) is 16.5 Å². The van der Waals surface area contributed by atoms with Crippen molar-refractivity contribution in [3.63, 3.8) is 0 Å². The first-order valence-electron chi connectivity index (χ1n) is 6.13. The Morgan fingerprint density at radius 1 is 1.30 bits per heavy atom. The SMILES string of the molecule is COCCCSc1cnc(N=Nc2ccc(N)cc2)s1. The number of azo groups is 1. The van der Waals surface area contributed by atoms with Gasteiger partial charge in [-0.25, -0.2) is 4.98 Å². The van der Waals surface area contributed by atoms with E-state index in [1.165, 1.54) is 11.3 Å². The molecule has 0 amide bonds. The number of thioether (sulfide) groups is 1. The zero-order valence-corrected chi connectivity index (χ0v) is 12.8. The van der Waals surface area contributed by atoms with Crippen molar-refractivity contribution in [2.45, 2.75) is 10.6 Å². The number of hydrogen-bond acceptors (Lipinski definition) is 7. The minimum atomic E-state index is 0.663. The summed E-state index contributed by atoms with van der Waals surface area (Å²) in [4.78, 5) is 4.23. The van der Waals surface area contributed by atoms with Crippen molar-refractivity contribution >= 4 is 39.6 Å². The minimum Gasteiger partial charge on any atom is -0.399 e. The molecule has 1 aromatic carbocycles. The van der Waals surface area contributed by atoms with E-state index in [4.69, 9.17) is 10.5 Å². The highest BCUT2D eigenvalue weighted by molar-refractivity contribution is 8.01. The zero-order chi connectivity index (χ0) is 14.2. The van der Waals surface area contributed by atoms with Crippen molar-refractivity contribution < 1.29 is 4.74 Å². The molecule has 0 spiro atoms. The normalized spacial score (nSPS) is 11.2. The molecule has 0 aliphatic carbocycles. The fourth-order valence-corrected chi connectivity index (χ4v) is 3.15. The molecule has 7 heteroatoms. The second-order valence-electron chi connectivity index (χ2n) is 3.95. The first-order valence-corrected chi connectivity index (χ1v) is 7.93. The average molecular weight is 308 g/mol. The van der Waals surface area contributed by atoms with Crippen LogP contribution in [0.5, 0.6) is 0 Å². The molecule has 0 fully saturated rings. The van der Waals surface area contributed by atoms with Gasteiger partial charge in [-0.2, -0.15) is 0 Å². The molecule has 1 aromatic heterocycles. The highest BCUT2D eigenvalue weighted by Gasteiger charge is 2.01. The standard InChI is InChI=1S/C13H16N4OS2/c1-18-7-2-8-19-12-9-15-13(20-12)17-16-11-5-3-10(14)4-6-11/h3-6,9H,2,7-8,14H2,1H3. The predicted molar refractivity (Wildman–Crippen MR) is 84.4 cm³/mol. The Balaban J connectivity index is 1.87. The maximum Gasteiger partial charge on any atom is 0.230 e. The molecule has 20 heavy (non-hydrogen) atoms. The molecule has 0 aliphatic rings. The van der Waals surface area contributed by atoms with E-state index in [9.17, 15) is 0 Å². The van der Waals surface area contributed by atoms with E-state index in [0.717, 1.165) is 28.7 Å². The van der Waals surface area contributed by atoms with Crippen LogP contribution in [0.1, 0.15) is 6.42 Å². The maximum atomic E-state index is 5.61. The van der Waals surface area contributed by atoms with Gasteiger partial charge in [0, 0.05) is 25.2 Å². The molecule has 0 saturated heterocycles. The van der Waals surface area contributed by atoms with Crippen LogP contribution >= 0.6 is 23.1 Å². The Morgan fingerprint density at radius 3 is 2.85 bits per heavy atom. The Labute approximate surface area is 126 Å². The third-order valence-electron chi connectivity index (χ3n) is 2.35. The third-order valence-corrected chi connectivity index (χ3v) is 4.52. The van der Waals surface area contributed by atoms with Gasteiger partial charge in [-0.15, -0.1) is 22.0 Å². The fraction of sp³-hybridized carbons (Fsp3) is 0.308. The highest BCUT2D eigenvalue weighted by atomic mass is 32.2. The van der Waals surface area contributed by atoms with E-state index in [1.807, 2.05) is 18.3 Å². The second kappa shape index (κ2) is 7.98. The van der Waals surface area contributed by atoms with Gasteiger partial charge in [0.05, 0.1) is 16.1 Å². The van der Waals surface area contributed by atoms with E-state index in [0.29, 0.717) is 10.8 Å². The quantitative estimate of drug-likeness (QED) is 0.359. The first-order chi connectivity index (χ1) is 9.78. The lowest BCUT2D eigenvalue weighted by Crippen LogP contribution is -1.89. The van der Waals surface area contributed by atoms with Crippen LogP contribution in [0.25, 0.3) is 0 Å². The predicted octanol–water partition coefficient (Wildman–Crippen LogP) is 4.27. The average Bonchev–Trinajstić information content (AvgIpc) is 2.91. The summed E-state index contributed by atoms with van der Waals surface area (Å²) in [6.45, 7) is 0.787. The molecule has 0 radical (unpaired) electrons. The van der Waals surface area contributed by atoms with E-state index in [1.54, 1.807) is 31.0 Å². The third kappa shape index (κ3) is 4.92. The first kappa shape index (κ1) is 15.0. The summed E-state index contributed by atoms with van der Waals surface area (Å²) in [5.41, 5.74) is 7.09. The number of nitrogen functional groups attached to an aromatic ring is 1. The molecule has 0 unspecified atom stereocenters. The number of ether oxygens (including phenoxy) is 1. The van der Waals surface area contributed by atoms with Gasteiger partial charge >= 0.3 is 0 Å². The number of benzene rings is 1. The van der Waals surface area contributed by atoms with Crippen molar-refractivity contribution in [2.75, 3.05) is 25.2 Å². The fourth-order valence-electron chi connectivity index (χ4n) is 1.38. The summed E-state index contributed by atoms with van der Waals surface area (Å²) in [5, 5.41) is 8.92. The number of anilines is 1. The molecular weight excluding hydrogens is 292 g/mol. The molecule has 0 saturated carbocycles. The Bertz CT molecular complexity index is 554. The number of thiazole rings is 1. The van der Waals surface area contributed by atoms with Crippen LogP contribution in [0.3, 0.4) is 0 Å². The molecule has 0 aliphatic heterocycles. The topological polar surface area (TPSA) is 72.9 Å². The van der Waals surface area contributed by atoms with Crippen LogP contribution < -0.4 is 5.73 Å². The lowest BCUT2D eigenvalue weighted by molar-refractivity contribution is 0.200. The summed E-state index contributed by atoms with van der Waals surface area (Å²) in [6.07, 6.45) is 2.86. The van der Waals surface area contributed by atoms with Gasteiger partial charge in [-0.3, -0.25) is 0 Å². The molecular formula is C13H16N4OS2. The molecule has 1 heterocycles. The van der Waals surface area contributed by atoms with E-state index in [-0.39, 0.29) is 0 Å². The van der Waals surface area contributed by atoms with Crippen molar-refractivity contribution in [3.8, 4) is 0 Å². The summed E-state index contributed by atoms with van der Waals surface area (Å²) >= 11 is 3.30. The van der Waals surface area contributed by atoms with Gasteiger partial charge in [0.2, 0.25) is 5.13 Å². The maximum absolute atomic E-state index is 5.61. The van der Waals surface area contributed by atoms with Crippen molar-refractivity contribution in [1.29, 1.82) is 0 Å². The minimum absolute atomic E-state index is 0.663. The second-order valence-corrected chi connectivity index (χ2v) is 6.35. The Kier molecular flexibility index (Phi) is 5.97. The van der Waals surface area contributed by atoms with E-state index >= 15 is 0 Å². The molecule has 5 nitrogen and oxygen atoms in total. The summed E-state index contributed by atoms with van der Waals surface area (Å²) in [5.74, 6) is 1.02. The Hall–Kier alpha value is -1.44. The van der Waals surface area contributed by atoms with Crippen LogP contribution in [0.15, 0.2) is 44.9 Å². The van der Waals surface area contributed by atoms with Crippen LogP contribution in [-0.4, -0.2) is 24.5 Å². The van der Waals surface area contributed by atoms with Gasteiger partial charge in [-0.05, 0) is 30.7 Å². The van der Waals surface area contributed by atoms with Gasteiger partial charge in [0.25, 0.3) is 0 Å². The summed E-state index contributed by atoms with van der Waals surface area (Å²) in [6, 6.07) is 7.25. The lowest BCUT2D eigenvalue weighted by Gasteiger charge is -1.96. The van der Waals surface area contributed by atoms with Gasteiger partial charge < -0.3 is 10.5 Å². The number of methoxy groups -OCH3 is 1. The molecule has 2 N–H and O–H groups in total. The number of aromatic nitrogens is 1. The van der Waals surface area contributed by atoms with Crippen molar-refractivity contribution in [1.82, 2.24) is 4.98 Å². The summed E-state index contributed by atoms with van der Waals surface area (Å²) in [7, 11) is 1.72. The monoisotopic (exact) mass is 308 g/mol. The number of rotatable bonds is 7. The van der Waals surface area contributed by atoms with Gasteiger partial charge in [-0.1, -0.05) is 11.3 Å². The number of nitrogens with two attached hydrogens (primary N) is 1. The lowest BCUT2D eigenvalue weighted by atomic mass is 10.3. The van der Waals surface area contributed by atoms with Crippen LogP contribution in [-0.2, 0) is 4.74 Å². The summed E-state index contributed by atoms with van der Waals surface area (Å²) < 4.78 is 6.16. The smallest absolute Gasteiger partial charge is 0.230 e. The molecule has 2 rings (SSSR count). The van der Waals surface area contributed by atoms with E-state index in [2.05, 4.69) is 15.2 Å². The van der Waals surface area contributed by atoms with Gasteiger partial charge in [0.15, 0.2) is 0 Å². The highest BCUT2D eigenvalue weighted by Crippen LogP contribution is 2.31. The molecule has 106 valence electrons. The van der Waals surface area contributed by atoms with E-state index < -0.39 is 0 Å². The van der Waals surface area contributed by atoms with Crippen LogP contribution in [0, 0.1) is 0 Å². The van der Waals surface area contributed by atoms with Gasteiger partial charge in [0.1, 0.15) is 0 Å².